The van der Waals surface area contributed by atoms with Crippen molar-refractivity contribution < 1.29 is 9.21 Å². The second-order valence-electron chi connectivity index (χ2n) is 7.13. The maximum absolute atomic E-state index is 12.7. The largest absolute Gasteiger partial charge is 0.408 e. The number of piperazine rings is 1. The van der Waals surface area contributed by atoms with Gasteiger partial charge in [-0.3, -0.25) is 4.79 Å². The molecule has 1 amide bonds. The molecule has 134 valence electrons. The quantitative estimate of drug-likeness (QED) is 0.836. The molecule has 6 heteroatoms. The molecule has 0 unspecified atom stereocenters. The van der Waals surface area contributed by atoms with Crippen molar-refractivity contribution in [2.24, 2.45) is 0 Å². The summed E-state index contributed by atoms with van der Waals surface area (Å²) in [5, 5.41) is 8.09. The highest BCUT2D eigenvalue weighted by molar-refractivity contribution is 5.78. The van der Waals surface area contributed by atoms with Gasteiger partial charge in [-0.2, -0.15) is 0 Å². The first-order valence-electron chi connectivity index (χ1n) is 8.90. The molecule has 0 spiro atoms. The summed E-state index contributed by atoms with van der Waals surface area (Å²) in [4.78, 5) is 16.7. The summed E-state index contributed by atoms with van der Waals surface area (Å²) in [6.45, 7) is 9.07. The monoisotopic (exact) mass is 342 g/mol. The van der Waals surface area contributed by atoms with E-state index in [0.29, 0.717) is 31.4 Å². The minimum absolute atomic E-state index is 0.169. The number of hydrogen-bond acceptors (Lipinski definition) is 5. The molecule has 25 heavy (non-hydrogen) atoms. The number of amides is 1. The van der Waals surface area contributed by atoms with Gasteiger partial charge in [0.25, 0.3) is 0 Å². The second-order valence-corrected chi connectivity index (χ2v) is 7.13. The van der Waals surface area contributed by atoms with Crippen molar-refractivity contribution in [1.29, 1.82) is 0 Å². The Morgan fingerprint density at radius 3 is 2.40 bits per heavy atom. The SMILES string of the molecule is CCc1nnc(N2CCN(C(=O)CC(C)(C)c3ccccc3)CC2)o1. The van der Waals surface area contributed by atoms with E-state index in [9.17, 15) is 4.79 Å². The first kappa shape index (κ1) is 17.5. The normalized spacial score (nSPS) is 15.5. The molecule has 1 aliphatic heterocycles. The van der Waals surface area contributed by atoms with Crippen LogP contribution in [0.5, 0.6) is 0 Å². The highest BCUT2D eigenvalue weighted by atomic mass is 16.4. The van der Waals surface area contributed by atoms with Crippen LogP contribution in [0.3, 0.4) is 0 Å². The van der Waals surface area contributed by atoms with Crippen molar-refractivity contribution in [2.75, 3.05) is 31.1 Å². The molecular formula is C19H26N4O2. The van der Waals surface area contributed by atoms with Gasteiger partial charge in [-0.15, -0.1) is 5.10 Å². The number of aryl methyl sites for hydroxylation is 1. The minimum Gasteiger partial charge on any atom is -0.408 e. The molecule has 1 aromatic heterocycles. The van der Waals surface area contributed by atoms with Crippen LogP contribution >= 0.6 is 0 Å². The Hall–Kier alpha value is -2.37. The molecule has 0 aliphatic carbocycles. The Bertz CT molecular complexity index is 703. The highest BCUT2D eigenvalue weighted by Gasteiger charge is 2.29. The predicted molar refractivity (Wildman–Crippen MR) is 96.6 cm³/mol. The number of hydrogen-bond donors (Lipinski definition) is 0. The third-order valence-electron chi connectivity index (χ3n) is 4.81. The first-order chi connectivity index (χ1) is 12.0. The zero-order valence-corrected chi connectivity index (χ0v) is 15.2. The van der Waals surface area contributed by atoms with E-state index in [1.54, 1.807) is 0 Å². The predicted octanol–water partition coefficient (Wildman–Crippen LogP) is 2.65. The van der Waals surface area contributed by atoms with Crippen molar-refractivity contribution in [3.05, 3.63) is 41.8 Å². The zero-order valence-electron chi connectivity index (χ0n) is 15.2. The van der Waals surface area contributed by atoms with E-state index in [-0.39, 0.29) is 11.3 Å². The molecule has 2 aromatic rings. The number of aromatic nitrogens is 2. The third kappa shape index (κ3) is 4.00. The molecular weight excluding hydrogens is 316 g/mol. The van der Waals surface area contributed by atoms with Crippen LogP contribution in [0.2, 0.25) is 0 Å². The Labute approximate surface area is 148 Å². The average molecular weight is 342 g/mol. The molecule has 2 heterocycles. The standard InChI is InChI=1S/C19H26N4O2/c1-4-16-20-21-18(25-16)23-12-10-22(11-13-23)17(24)14-19(2,3)15-8-6-5-7-9-15/h5-9H,4,10-14H2,1-3H3. The van der Waals surface area contributed by atoms with Crippen LogP contribution in [0.25, 0.3) is 0 Å². The van der Waals surface area contributed by atoms with E-state index in [4.69, 9.17) is 4.42 Å². The summed E-state index contributed by atoms with van der Waals surface area (Å²) >= 11 is 0. The summed E-state index contributed by atoms with van der Waals surface area (Å²) in [6.07, 6.45) is 1.25. The van der Waals surface area contributed by atoms with Gasteiger partial charge >= 0.3 is 6.01 Å². The number of rotatable bonds is 5. The van der Waals surface area contributed by atoms with Gasteiger partial charge in [0.15, 0.2) is 0 Å². The fourth-order valence-corrected chi connectivity index (χ4v) is 3.14. The highest BCUT2D eigenvalue weighted by Crippen LogP contribution is 2.28. The molecule has 0 saturated carbocycles. The van der Waals surface area contributed by atoms with Crippen LogP contribution in [-0.4, -0.2) is 47.2 Å². The lowest BCUT2D eigenvalue weighted by Gasteiger charge is -2.35. The molecule has 6 nitrogen and oxygen atoms in total. The molecule has 1 aliphatic rings. The summed E-state index contributed by atoms with van der Waals surface area (Å²) in [5.41, 5.74) is 1.03. The Morgan fingerprint density at radius 2 is 1.80 bits per heavy atom. The van der Waals surface area contributed by atoms with Gasteiger partial charge in [0.05, 0.1) is 0 Å². The maximum atomic E-state index is 12.7. The summed E-state index contributed by atoms with van der Waals surface area (Å²) < 4.78 is 5.61. The molecule has 0 N–H and O–H groups in total. The van der Waals surface area contributed by atoms with Gasteiger partial charge in [0.2, 0.25) is 11.8 Å². The van der Waals surface area contributed by atoms with Crippen LogP contribution in [0, 0.1) is 0 Å². The van der Waals surface area contributed by atoms with Crippen molar-refractivity contribution in [3.63, 3.8) is 0 Å². The fourth-order valence-electron chi connectivity index (χ4n) is 3.14. The third-order valence-corrected chi connectivity index (χ3v) is 4.81. The number of anilines is 1. The number of benzene rings is 1. The molecule has 0 atom stereocenters. The minimum atomic E-state index is -0.169. The van der Waals surface area contributed by atoms with Crippen molar-refractivity contribution in [1.82, 2.24) is 15.1 Å². The van der Waals surface area contributed by atoms with Crippen molar-refractivity contribution in [3.8, 4) is 0 Å². The Kier molecular flexibility index (Phi) is 5.06. The van der Waals surface area contributed by atoms with Gasteiger partial charge in [-0.1, -0.05) is 56.2 Å². The Balaban J connectivity index is 1.56. The zero-order chi connectivity index (χ0) is 17.9. The maximum Gasteiger partial charge on any atom is 0.318 e. The van der Waals surface area contributed by atoms with Gasteiger partial charge in [-0.25, -0.2) is 0 Å². The summed E-state index contributed by atoms with van der Waals surface area (Å²) in [6, 6.07) is 10.8. The lowest BCUT2D eigenvalue weighted by molar-refractivity contribution is -0.132. The van der Waals surface area contributed by atoms with Gasteiger partial charge in [-0.05, 0) is 11.0 Å². The summed E-state index contributed by atoms with van der Waals surface area (Å²) in [5.74, 6) is 0.853. The van der Waals surface area contributed by atoms with Gasteiger partial charge in [0.1, 0.15) is 0 Å². The number of carbonyl (C=O) groups is 1. The smallest absolute Gasteiger partial charge is 0.318 e. The first-order valence-corrected chi connectivity index (χ1v) is 8.90. The lowest BCUT2D eigenvalue weighted by Crippen LogP contribution is -2.49. The van der Waals surface area contributed by atoms with Gasteiger partial charge < -0.3 is 14.2 Å². The van der Waals surface area contributed by atoms with E-state index in [1.807, 2.05) is 30.0 Å². The molecule has 1 saturated heterocycles. The van der Waals surface area contributed by atoms with Crippen LogP contribution in [0.1, 0.15) is 38.6 Å². The molecule has 1 aromatic carbocycles. The molecule has 1 fully saturated rings. The fraction of sp³-hybridized carbons (Fsp3) is 0.526. The number of carbonyl (C=O) groups excluding carboxylic acids is 1. The van der Waals surface area contributed by atoms with E-state index < -0.39 is 0 Å². The van der Waals surface area contributed by atoms with E-state index in [0.717, 1.165) is 19.5 Å². The topological polar surface area (TPSA) is 62.5 Å². The van der Waals surface area contributed by atoms with Crippen LogP contribution in [-0.2, 0) is 16.6 Å². The van der Waals surface area contributed by atoms with Crippen molar-refractivity contribution >= 4 is 11.9 Å². The molecule has 3 rings (SSSR count). The van der Waals surface area contributed by atoms with Crippen molar-refractivity contribution in [2.45, 2.75) is 39.0 Å². The van der Waals surface area contributed by atoms with E-state index in [1.165, 1.54) is 5.56 Å². The van der Waals surface area contributed by atoms with Crippen LogP contribution in [0.15, 0.2) is 34.7 Å². The van der Waals surface area contributed by atoms with E-state index >= 15 is 0 Å². The van der Waals surface area contributed by atoms with Crippen LogP contribution in [0.4, 0.5) is 6.01 Å². The molecule has 0 radical (unpaired) electrons. The number of nitrogens with zero attached hydrogens (tertiary/aromatic N) is 4. The summed E-state index contributed by atoms with van der Waals surface area (Å²) in [7, 11) is 0. The van der Waals surface area contributed by atoms with E-state index in [2.05, 4.69) is 41.1 Å². The van der Waals surface area contributed by atoms with Crippen LogP contribution < -0.4 is 4.90 Å². The molecule has 0 bridgehead atoms. The second kappa shape index (κ2) is 7.25. The Morgan fingerprint density at radius 1 is 1.12 bits per heavy atom. The van der Waals surface area contributed by atoms with Gasteiger partial charge in [0, 0.05) is 39.0 Å². The lowest BCUT2D eigenvalue weighted by atomic mass is 9.81. The average Bonchev–Trinajstić information content (AvgIpc) is 3.11.